The molecule has 1 saturated heterocycles. The molecule has 2 N–H and O–H groups in total. The summed E-state index contributed by atoms with van der Waals surface area (Å²) < 4.78 is 1.94. The highest BCUT2D eigenvalue weighted by molar-refractivity contribution is 5.71. The Hall–Kier alpha value is -1.81. The van der Waals surface area contributed by atoms with Gasteiger partial charge in [-0.3, -0.25) is 4.68 Å². The van der Waals surface area contributed by atoms with Gasteiger partial charge in [-0.15, -0.1) is 0 Å². The van der Waals surface area contributed by atoms with Crippen LogP contribution in [0.2, 0.25) is 0 Å². The second-order valence-corrected chi connectivity index (χ2v) is 5.56. The van der Waals surface area contributed by atoms with Crippen molar-refractivity contribution in [3.05, 3.63) is 36.2 Å². The van der Waals surface area contributed by atoms with Gasteiger partial charge < -0.3 is 10.4 Å². The van der Waals surface area contributed by atoms with Crippen LogP contribution < -0.4 is 5.32 Å². The predicted octanol–water partition coefficient (Wildman–Crippen LogP) is 2.33. The number of hydrogen-bond acceptors (Lipinski definition) is 3. The molecule has 106 valence electrons. The molecule has 1 aliphatic heterocycles. The van der Waals surface area contributed by atoms with Gasteiger partial charge in [0.05, 0.1) is 6.20 Å². The fourth-order valence-corrected chi connectivity index (χ4v) is 3.00. The van der Waals surface area contributed by atoms with Gasteiger partial charge in [-0.2, -0.15) is 5.10 Å². The molecule has 20 heavy (non-hydrogen) atoms. The number of nitrogens with one attached hydrogen (secondary N) is 1. The number of nitrogens with zero attached hydrogens (tertiary/aromatic N) is 2. The molecule has 4 nitrogen and oxygen atoms in total. The van der Waals surface area contributed by atoms with E-state index in [1.54, 1.807) is 6.07 Å². The van der Waals surface area contributed by atoms with Gasteiger partial charge in [0.15, 0.2) is 0 Å². The molecule has 4 heteroatoms. The van der Waals surface area contributed by atoms with E-state index in [2.05, 4.69) is 10.4 Å². The number of rotatable bonds is 3. The average molecular weight is 271 g/mol. The quantitative estimate of drug-likeness (QED) is 0.901. The minimum Gasteiger partial charge on any atom is -0.507 e. The van der Waals surface area contributed by atoms with Crippen LogP contribution in [0.4, 0.5) is 0 Å². The van der Waals surface area contributed by atoms with Crippen molar-refractivity contribution < 1.29 is 5.11 Å². The third-order valence-electron chi connectivity index (χ3n) is 4.14. The molecule has 0 spiro atoms. The fraction of sp³-hybridized carbons (Fsp3) is 0.438. The van der Waals surface area contributed by atoms with Gasteiger partial charge in [-0.05, 0) is 44.3 Å². The van der Waals surface area contributed by atoms with E-state index >= 15 is 0 Å². The molecule has 0 bridgehead atoms. The van der Waals surface area contributed by atoms with Gasteiger partial charge in [0, 0.05) is 23.9 Å². The molecule has 0 amide bonds. The van der Waals surface area contributed by atoms with E-state index in [1.165, 1.54) is 18.5 Å². The Balaban J connectivity index is 1.91. The molecule has 0 saturated carbocycles. The first-order chi connectivity index (χ1) is 9.75. The highest BCUT2D eigenvalue weighted by atomic mass is 16.3. The summed E-state index contributed by atoms with van der Waals surface area (Å²) in [6.07, 6.45) is 5.38. The van der Waals surface area contributed by atoms with Crippen molar-refractivity contribution in [1.82, 2.24) is 15.1 Å². The summed E-state index contributed by atoms with van der Waals surface area (Å²) in [4.78, 5) is 0. The van der Waals surface area contributed by atoms with Gasteiger partial charge in [0.25, 0.3) is 0 Å². The number of phenolic OH excluding ortho intramolecular Hbond substituents is 1. The number of benzene rings is 1. The molecule has 0 aliphatic carbocycles. The van der Waals surface area contributed by atoms with E-state index in [-0.39, 0.29) is 0 Å². The number of hydrogen-bond donors (Lipinski definition) is 2. The normalized spacial score (nSPS) is 19.1. The van der Waals surface area contributed by atoms with Crippen molar-refractivity contribution in [2.24, 2.45) is 13.0 Å². The first-order valence-corrected chi connectivity index (χ1v) is 7.25. The molecule has 2 heterocycles. The zero-order valence-electron chi connectivity index (χ0n) is 11.8. The number of aryl methyl sites for hydroxylation is 1. The maximum absolute atomic E-state index is 10.1. The van der Waals surface area contributed by atoms with Crippen molar-refractivity contribution in [2.45, 2.75) is 19.3 Å². The zero-order valence-corrected chi connectivity index (χ0v) is 11.8. The Kier molecular flexibility index (Phi) is 3.74. The summed E-state index contributed by atoms with van der Waals surface area (Å²) in [6, 6.07) is 7.48. The molecule has 1 aliphatic rings. The number of para-hydroxylation sites is 1. The molecule has 1 fully saturated rings. The molecule has 3 rings (SSSR count). The molecule has 1 unspecified atom stereocenters. The van der Waals surface area contributed by atoms with Gasteiger partial charge in [0.2, 0.25) is 0 Å². The molecule has 0 radical (unpaired) electrons. The first kappa shape index (κ1) is 13.2. The van der Waals surface area contributed by atoms with E-state index < -0.39 is 0 Å². The van der Waals surface area contributed by atoms with Crippen LogP contribution >= 0.6 is 0 Å². The summed E-state index contributed by atoms with van der Waals surface area (Å²) in [5, 5.41) is 17.9. The number of aromatic nitrogens is 2. The number of aromatic hydroxyl groups is 1. The average Bonchev–Trinajstić information content (AvgIpc) is 2.82. The maximum atomic E-state index is 10.1. The van der Waals surface area contributed by atoms with Crippen LogP contribution in [0.3, 0.4) is 0 Å². The van der Waals surface area contributed by atoms with Crippen LogP contribution in [-0.2, 0) is 13.5 Å². The molecular weight excluding hydrogens is 250 g/mol. The highest BCUT2D eigenvalue weighted by Crippen LogP contribution is 2.32. The lowest BCUT2D eigenvalue weighted by molar-refractivity contribution is 0.370. The topological polar surface area (TPSA) is 50.1 Å². The number of phenols is 1. The van der Waals surface area contributed by atoms with Crippen LogP contribution in [-0.4, -0.2) is 28.0 Å². The second kappa shape index (κ2) is 5.67. The van der Waals surface area contributed by atoms with E-state index in [0.717, 1.165) is 30.6 Å². The Bertz CT molecular complexity index is 585. The number of piperidine rings is 1. The van der Waals surface area contributed by atoms with Crippen molar-refractivity contribution in [2.75, 3.05) is 13.1 Å². The maximum Gasteiger partial charge on any atom is 0.123 e. The second-order valence-electron chi connectivity index (χ2n) is 5.56. The largest absolute Gasteiger partial charge is 0.507 e. The van der Waals surface area contributed by atoms with Crippen molar-refractivity contribution >= 4 is 0 Å². The van der Waals surface area contributed by atoms with Gasteiger partial charge >= 0.3 is 0 Å². The Labute approximate surface area is 119 Å². The minimum absolute atomic E-state index is 0.323. The van der Waals surface area contributed by atoms with Crippen LogP contribution in [0, 0.1) is 5.92 Å². The SMILES string of the molecule is Cn1ncc(-c2ccccc2O)c1CC1CCCNC1. The summed E-state index contributed by atoms with van der Waals surface area (Å²) in [6.45, 7) is 2.21. The summed E-state index contributed by atoms with van der Waals surface area (Å²) >= 11 is 0. The minimum atomic E-state index is 0.323. The zero-order chi connectivity index (χ0) is 13.9. The molecular formula is C16H21N3O. The highest BCUT2D eigenvalue weighted by Gasteiger charge is 2.19. The van der Waals surface area contributed by atoms with Crippen molar-refractivity contribution in [3.63, 3.8) is 0 Å². The molecule has 1 aromatic heterocycles. The van der Waals surface area contributed by atoms with Crippen LogP contribution in [0.15, 0.2) is 30.5 Å². The third kappa shape index (κ3) is 2.56. The summed E-state index contributed by atoms with van der Waals surface area (Å²) in [5.41, 5.74) is 3.13. The van der Waals surface area contributed by atoms with Crippen molar-refractivity contribution in [3.8, 4) is 16.9 Å². The molecule has 2 aromatic rings. The summed E-state index contributed by atoms with van der Waals surface area (Å²) in [5.74, 6) is 0.979. The molecule has 1 atom stereocenters. The van der Waals surface area contributed by atoms with E-state index in [0.29, 0.717) is 11.7 Å². The lowest BCUT2D eigenvalue weighted by Crippen LogP contribution is -2.31. The lowest BCUT2D eigenvalue weighted by Gasteiger charge is -2.23. The Morgan fingerprint density at radius 1 is 1.35 bits per heavy atom. The standard InChI is InChI=1S/C16H21N3O/c1-19-15(9-12-5-4-8-17-10-12)14(11-18-19)13-6-2-3-7-16(13)20/h2-3,6-7,11-12,17,20H,4-5,8-10H2,1H3. The van der Waals surface area contributed by atoms with Crippen LogP contribution in [0.5, 0.6) is 5.75 Å². The third-order valence-corrected chi connectivity index (χ3v) is 4.14. The van der Waals surface area contributed by atoms with E-state index in [1.807, 2.05) is 36.1 Å². The smallest absolute Gasteiger partial charge is 0.123 e. The lowest BCUT2D eigenvalue weighted by atomic mass is 9.92. The monoisotopic (exact) mass is 271 g/mol. The van der Waals surface area contributed by atoms with Crippen LogP contribution in [0.25, 0.3) is 11.1 Å². The predicted molar refractivity (Wildman–Crippen MR) is 79.6 cm³/mol. The first-order valence-electron chi connectivity index (χ1n) is 7.25. The van der Waals surface area contributed by atoms with Crippen LogP contribution in [0.1, 0.15) is 18.5 Å². The van der Waals surface area contributed by atoms with Gasteiger partial charge in [-0.25, -0.2) is 0 Å². The summed E-state index contributed by atoms with van der Waals surface area (Å²) in [7, 11) is 1.98. The fourth-order valence-electron chi connectivity index (χ4n) is 3.00. The van der Waals surface area contributed by atoms with E-state index in [4.69, 9.17) is 0 Å². The Morgan fingerprint density at radius 2 is 2.20 bits per heavy atom. The van der Waals surface area contributed by atoms with E-state index in [9.17, 15) is 5.11 Å². The molecule has 1 aromatic carbocycles. The van der Waals surface area contributed by atoms with Gasteiger partial charge in [-0.1, -0.05) is 18.2 Å². The Morgan fingerprint density at radius 3 is 2.95 bits per heavy atom. The van der Waals surface area contributed by atoms with Crippen molar-refractivity contribution in [1.29, 1.82) is 0 Å². The van der Waals surface area contributed by atoms with Gasteiger partial charge in [0.1, 0.15) is 5.75 Å².